The van der Waals surface area contributed by atoms with Crippen LogP contribution in [0.4, 0.5) is 15.2 Å². The Morgan fingerprint density at radius 3 is 2.68 bits per heavy atom. The Labute approximate surface area is 218 Å². The number of nitriles is 1. The predicted octanol–water partition coefficient (Wildman–Crippen LogP) is 3.58. The molecule has 3 atom stereocenters. The first-order chi connectivity index (χ1) is 18.0. The first kappa shape index (κ1) is 23.1. The number of fused-ring (bicyclic) bond motifs is 6. The van der Waals surface area contributed by atoms with Gasteiger partial charge < -0.3 is 25.4 Å². The van der Waals surface area contributed by atoms with Gasteiger partial charge in [0.15, 0.2) is 5.82 Å². The number of thiophene rings is 1. The van der Waals surface area contributed by atoms with Crippen molar-refractivity contribution in [2.45, 2.75) is 38.1 Å². The molecule has 5 heterocycles. The van der Waals surface area contributed by atoms with E-state index in [4.69, 9.17) is 20.2 Å². The van der Waals surface area contributed by atoms with Crippen molar-refractivity contribution in [1.29, 1.82) is 5.26 Å². The first-order valence-electron chi connectivity index (χ1n) is 12.2. The topological polar surface area (TPSA) is 109 Å². The smallest absolute Gasteiger partial charge is 0.318 e. The molecule has 3 aliphatic rings. The molecule has 8 nitrogen and oxygen atoms in total. The van der Waals surface area contributed by atoms with Crippen molar-refractivity contribution in [3.8, 4) is 23.2 Å². The van der Waals surface area contributed by atoms with Crippen LogP contribution in [-0.2, 0) is 18.0 Å². The number of nitrogens with one attached hydrogen (secondary N) is 1. The Bertz CT molecular complexity index is 1650. The molecule has 2 saturated heterocycles. The third kappa shape index (κ3) is 3.21. The number of anilines is 2. The predicted molar refractivity (Wildman–Crippen MR) is 146 cm³/mol. The minimum Gasteiger partial charge on any atom is -0.467 e. The molecule has 2 aromatic carbocycles. The van der Waals surface area contributed by atoms with Gasteiger partial charge in [-0.05, 0) is 35.3 Å². The number of piperazine rings is 1. The van der Waals surface area contributed by atoms with Crippen LogP contribution < -0.4 is 26.0 Å². The van der Waals surface area contributed by atoms with Gasteiger partial charge in [-0.2, -0.15) is 15.2 Å². The van der Waals surface area contributed by atoms with Gasteiger partial charge in [-0.3, -0.25) is 0 Å². The van der Waals surface area contributed by atoms with E-state index >= 15 is 4.39 Å². The van der Waals surface area contributed by atoms with Crippen molar-refractivity contribution >= 4 is 57.7 Å². The normalized spacial score (nSPS) is 20.5. The monoisotopic (exact) mass is 534 g/mol. The van der Waals surface area contributed by atoms with Crippen LogP contribution in [0.2, 0.25) is 0 Å². The van der Waals surface area contributed by atoms with Crippen molar-refractivity contribution in [2.75, 3.05) is 30.8 Å². The third-order valence-electron chi connectivity index (χ3n) is 7.84. The zero-order valence-corrected chi connectivity index (χ0v) is 22.1. The lowest BCUT2D eigenvalue weighted by Gasteiger charge is -2.37. The van der Waals surface area contributed by atoms with Crippen molar-refractivity contribution in [3.63, 3.8) is 0 Å². The van der Waals surface area contributed by atoms with Gasteiger partial charge >= 0.3 is 6.01 Å². The summed E-state index contributed by atoms with van der Waals surface area (Å²) in [4.78, 5) is 11.7. The largest absolute Gasteiger partial charge is 0.467 e. The van der Waals surface area contributed by atoms with E-state index in [-0.39, 0.29) is 30.2 Å². The summed E-state index contributed by atoms with van der Waals surface area (Å²) in [7, 11) is 4.19. The van der Waals surface area contributed by atoms with E-state index in [1.165, 1.54) is 18.4 Å². The van der Waals surface area contributed by atoms with Crippen molar-refractivity contribution in [2.24, 2.45) is 0 Å². The molecule has 0 spiro atoms. The second-order valence-electron chi connectivity index (χ2n) is 9.70. The molecule has 2 aromatic heterocycles. The van der Waals surface area contributed by atoms with Crippen LogP contribution in [-0.4, -0.2) is 42.3 Å². The second-order valence-corrected chi connectivity index (χ2v) is 11.4. The maximum absolute atomic E-state index is 16.9. The van der Waals surface area contributed by atoms with E-state index in [1.807, 2.05) is 12.1 Å². The van der Waals surface area contributed by atoms with Gasteiger partial charge in [0.1, 0.15) is 22.4 Å². The SMILES string of the molecule is COc1nc(N2C3CCC2CNC3)c2c3c(c(-c4c(P)ccc5sc(N)c(C#N)c45)c(F)c2n1)COC3. The van der Waals surface area contributed by atoms with E-state index < -0.39 is 5.82 Å². The summed E-state index contributed by atoms with van der Waals surface area (Å²) in [6.07, 6.45) is 2.11. The number of benzene rings is 2. The fourth-order valence-corrected chi connectivity index (χ4v) is 7.57. The summed E-state index contributed by atoms with van der Waals surface area (Å²) >= 11 is 1.33. The molecule has 3 N–H and O–H groups in total. The van der Waals surface area contributed by atoms with E-state index in [1.54, 1.807) is 0 Å². The lowest BCUT2D eigenvalue weighted by molar-refractivity contribution is 0.135. The van der Waals surface area contributed by atoms with Crippen LogP contribution in [0.3, 0.4) is 0 Å². The van der Waals surface area contributed by atoms with Crippen LogP contribution in [0.25, 0.3) is 32.1 Å². The Morgan fingerprint density at radius 2 is 1.95 bits per heavy atom. The first-order valence-corrected chi connectivity index (χ1v) is 13.6. The number of nitrogens with zero attached hydrogens (tertiary/aromatic N) is 4. The molecular weight excluding hydrogens is 510 g/mol. The summed E-state index contributed by atoms with van der Waals surface area (Å²) < 4.78 is 29.1. The third-order valence-corrected chi connectivity index (χ3v) is 9.31. The van der Waals surface area contributed by atoms with Crippen LogP contribution in [0.15, 0.2) is 12.1 Å². The fourth-order valence-electron chi connectivity index (χ4n) is 6.26. The molecule has 3 unspecified atom stereocenters. The summed E-state index contributed by atoms with van der Waals surface area (Å²) in [6.45, 7) is 2.32. The molecule has 4 aromatic rings. The number of nitrogens with two attached hydrogens (primary N) is 1. The maximum Gasteiger partial charge on any atom is 0.318 e. The molecule has 37 heavy (non-hydrogen) atoms. The van der Waals surface area contributed by atoms with Crippen LogP contribution in [0.1, 0.15) is 29.5 Å². The molecule has 0 amide bonds. The van der Waals surface area contributed by atoms with E-state index in [9.17, 15) is 5.26 Å². The van der Waals surface area contributed by atoms with Gasteiger partial charge in [0.2, 0.25) is 0 Å². The van der Waals surface area contributed by atoms with Crippen molar-refractivity contribution in [1.82, 2.24) is 15.3 Å². The van der Waals surface area contributed by atoms with E-state index in [0.717, 1.165) is 47.1 Å². The Kier molecular flexibility index (Phi) is 5.28. The molecular formula is C26H24FN6O2PS. The lowest BCUT2D eigenvalue weighted by Crippen LogP contribution is -2.52. The van der Waals surface area contributed by atoms with Crippen molar-refractivity contribution in [3.05, 3.63) is 34.6 Å². The molecule has 2 bridgehead atoms. The molecule has 0 radical (unpaired) electrons. The number of methoxy groups -OCH3 is 1. The summed E-state index contributed by atoms with van der Waals surface area (Å²) in [5.41, 5.74) is 9.47. The Hall–Kier alpha value is -3.09. The molecule has 7 rings (SSSR count). The standard InChI is InChI=1S/C26H24FN6O2PS/c1-34-26-31-23-20(25(32-26)33-11-2-3-12(33)8-30-7-11)15-10-35-9-14(15)19(22(23)27)21-16(36)4-5-17-18(21)13(6-28)24(29)37-17/h4-5,11-12,30H,2-3,7-10,29,36H2,1H3. The molecule has 3 aliphatic heterocycles. The summed E-state index contributed by atoms with van der Waals surface area (Å²) in [5, 5.41) is 16.0. The van der Waals surface area contributed by atoms with Crippen LogP contribution >= 0.6 is 20.6 Å². The van der Waals surface area contributed by atoms with Crippen molar-refractivity contribution < 1.29 is 13.9 Å². The van der Waals surface area contributed by atoms with E-state index in [0.29, 0.717) is 44.9 Å². The molecule has 0 aliphatic carbocycles. The minimum atomic E-state index is -0.464. The van der Waals surface area contributed by atoms with Gasteiger partial charge in [-0.25, -0.2) is 4.39 Å². The number of hydrogen-bond acceptors (Lipinski definition) is 9. The zero-order chi connectivity index (χ0) is 25.4. The minimum absolute atomic E-state index is 0.131. The lowest BCUT2D eigenvalue weighted by atomic mass is 9.90. The van der Waals surface area contributed by atoms with Crippen LogP contribution in [0.5, 0.6) is 6.01 Å². The van der Waals surface area contributed by atoms with Gasteiger partial charge in [-0.15, -0.1) is 20.6 Å². The molecule has 0 saturated carbocycles. The number of ether oxygens (including phenoxy) is 2. The average Bonchev–Trinajstić information content (AvgIpc) is 3.57. The van der Waals surface area contributed by atoms with E-state index in [2.05, 4.69) is 30.5 Å². The highest BCUT2D eigenvalue weighted by Crippen LogP contribution is 2.47. The second kappa shape index (κ2) is 8.47. The quantitative estimate of drug-likeness (QED) is 0.384. The highest BCUT2D eigenvalue weighted by molar-refractivity contribution is 7.28. The average molecular weight is 535 g/mol. The molecule has 188 valence electrons. The van der Waals surface area contributed by atoms with Gasteiger partial charge in [0, 0.05) is 46.4 Å². The van der Waals surface area contributed by atoms with Gasteiger partial charge in [0.25, 0.3) is 0 Å². The highest BCUT2D eigenvalue weighted by atomic mass is 32.1. The highest BCUT2D eigenvalue weighted by Gasteiger charge is 2.40. The van der Waals surface area contributed by atoms with Crippen LogP contribution in [0, 0.1) is 17.1 Å². The Balaban J connectivity index is 1.60. The fraction of sp³-hybridized carbons (Fsp3) is 0.346. The van der Waals surface area contributed by atoms with Gasteiger partial charge in [0.05, 0.1) is 31.3 Å². The number of aromatic nitrogens is 2. The number of rotatable bonds is 3. The molecule has 11 heteroatoms. The zero-order valence-electron chi connectivity index (χ0n) is 20.1. The van der Waals surface area contributed by atoms with Gasteiger partial charge in [-0.1, -0.05) is 6.07 Å². The maximum atomic E-state index is 16.9. The molecule has 2 fully saturated rings. The summed E-state index contributed by atoms with van der Waals surface area (Å²) in [6, 6.07) is 6.75. The number of halogens is 1. The number of nitrogen functional groups attached to an aromatic ring is 1. The Morgan fingerprint density at radius 1 is 1.19 bits per heavy atom. The summed E-state index contributed by atoms with van der Waals surface area (Å²) in [5.74, 6) is 0.249. The number of hydrogen-bond donors (Lipinski definition) is 2.